The van der Waals surface area contributed by atoms with Crippen molar-refractivity contribution in [3.63, 3.8) is 0 Å². The van der Waals surface area contributed by atoms with Gasteiger partial charge in [0.2, 0.25) is 0 Å². The van der Waals surface area contributed by atoms with Crippen molar-refractivity contribution in [2.75, 3.05) is 6.61 Å². The molecule has 2 rings (SSSR count). The maximum absolute atomic E-state index is 12.7. The molecule has 0 spiro atoms. The number of hydrogen-bond acceptors (Lipinski definition) is 3. The highest BCUT2D eigenvalue weighted by Crippen LogP contribution is 2.26. The van der Waals surface area contributed by atoms with Gasteiger partial charge in [-0.3, -0.25) is 9.78 Å². The molecule has 100 valence electrons. The van der Waals surface area contributed by atoms with E-state index in [1.165, 1.54) is 0 Å². The van der Waals surface area contributed by atoms with E-state index >= 15 is 0 Å². The van der Waals surface area contributed by atoms with Gasteiger partial charge in [0.05, 0.1) is 0 Å². The lowest BCUT2D eigenvalue weighted by Crippen LogP contribution is -2.38. The number of ether oxygens (including phenoxy) is 1. The predicted octanol–water partition coefficient (Wildman–Crippen LogP) is 3.62. The molecule has 0 N–H and O–H groups in total. The normalized spacial score (nSPS) is 14.3. The molecule has 0 bridgehead atoms. The molecule has 1 aromatic heterocycles. The Morgan fingerprint density at radius 2 is 2.00 bits per heavy atom. The second-order valence-electron chi connectivity index (χ2n) is 4.75. The summed E-state index contributed by atoms with van der Waals surface area (Å²) in [7, 11) is 0. The van der Waals surface area contributed by atoms with Crippen LogP contribution in [0.1, 0.15) is 37.6 Å². The molecule has 0 aliphatic rings. The summed E-state index contributed by atoms with van der Waals surface area (Å²) >= 11 is 0. The Labute approximate surface area is 113 Å². The lowest BCUT2D eigenvalue weighted by molar-refractivity contribution is -0.0115. The number of nitrogens with zero attached hydrogens (tertiary/aromatic N) is 1. The minimum Gasteiger partial charge on any atom is -0.367 e. The monoisotopic (exact) mass is 257 g/mol. The Morgan fingerprint density at radius 3 is 2.68 bits per heavy atom. The van der Waals surface area contributed by atoms with E-state index in [-0.39, 0.29) is 5.78 Å². The van der Waals surface area contributed by atoms with Gasteiger partial charge in [-0.05, 0) is 25.7 Å². The van der Waals surface area contributed by atoms with Crippen LogP contribution in [0.2, 0.25) is 0 Å². The predicted molar refractivity (Wildman–Crippen MR) is 76.4 cm³/mol. The van der Waals surface area contributed by atoms with Crippen LogP contribution in [0, 0.1) is 0 Å². The summed E-state index contributed by atoms with van der Waals surface area (Å²) in [5.41, 5.74) is -0.142. The Bertz CT molecular complexity index is 589. The number of rotatable bonds is 5. The third-order valence-corrected chi connectivity index (χ3v) is 3.53. The first kappa shape index (κ1) is 13.7. The number of ketones is 1. The summed E-state index contributed by atoms with van der Waals surface area (Å²) in [6, 6.07) is 7.79. The molecule has 19 heavy (non-hydrogen) atoms. The van der Waals surface area contributed by atoms with E-state index in [4.69, 9.17) is 4.74 Å². The van der Waals surface area contributed by atoms with Crippen LogP contribution in [-0.4, -0.2) is 23.0 Å². The van der Waals surface area contributed by atoms with Crippen molar-refractivity contribution in [1.29, 1.82) is 0 Å². The zero-order valence-corrected chi connectivity index (χ0v) is 11.6. The topological polar surface area (TPSA) is 39.2 Å². The lowest BCUT2D eigenvalue weighted by Gasteiger charge is -2.26. The molecular weight excluding hydrogens is 238 g/mol. The van der Waals surface area contributed by atoms with Gasteiger partial charge in [-0.25, -0.2) is 0 Å². The van der Waals surface area contributed by atoms with Gasteiger partial charge in [-0.2, -0.15) is 0 Å². The fourth-order valence-corrected chi connectivity index (χ4v) is 2.23. The molecule has 1 aromatic carbocycles. The summed E-state index contributed by atoms with van der Waals surface area (Å²) in [5.74, 6) is 0.00106. The molecule has 1 atom stereocenters. The smallest absolute Gasteiger partial charge is 0.196 e. The van der Waals surface area contributed by atoms with Gasteiger partial charge in [0.1, 0.15) is 5.60 Å². The van der Waals surface area contributed by atoms with Crippen LogP contribution in [0.4, 0.5) is 0 Å². The quantitative estimate of drug-likeness (QED) is 0.768. The van der Waals surface area contributed by atoms with E-state index in [9.17, 15) is 4.79 Å². The van der Waals surface area contributed by atoms with Crippen molar-refractivity contribution >= 4 is 16.6 Å². The first-order valence-corrected chi connectivity index (χ1v) is 6.64. The molecule has 1 unspecified atom stereocenters. The first-order valence-electron chi connectivity index (χ1n) is 6.64. The van der Waals surface area contributed by atoms with Crippen molar-refractivity contribution in [3.05, 3.63) is 42.2 Å². The molecule has 0 amide bonds. The van der Waals surface area contributed by atoms with Crippen LogP contribution in [0.3, 0.4) is 0 Å². The maximum atomic E-state index is 12.7. The van der Waals surface area contributed by atoms with E-state index in [2.05, 4.69) is 4.98 Å². The summed E-state index contributed by atoms with van der Waals surface area (Å²) in [6.45, 7) is 6.24. The summed E-state index contributed by atoms with van der Waals surface area (Å²) in [4.78, 5) is 16.9. The fourth-order valence-electron chi connectivity index (χ4n) is 2.23. The molecule has 0 radical (unpaired) electrons. The van der Waals surface area contributed by atoms with Gasteiger partial charge in [0.25, 0.3) is 0 Å². The maximum Gasteiger partial charge on any atom is 0.196 e. The highest BCUT2D eigenvalue weighted by Gasteiger charge is 2.33. The van der Waals surface area contributed by atoms with Crippen molar-refractivity contribution in [1.82, 2.24) is 4.98 Å². The number of aromatic nitrogens is 1. The van der Waals surface area contributed by atoms with Gasteiger partial charge < -0.3 is 4.74 Å². The molecule has 0 fully saturated rings. The largest absolute Gasteiger partial charge is 0.367 e. The average Bonchev–Trinajstić information content (AvgIpc) is 2.46. The van der Waals surface area contributed by atoms with E-state index in [0.29, 0.717) is 18.6 Å². The molecule has 0 saturated carbocycles. The highest BCUT2D eigenvalue weighted by atomic mass is 16.5. The van der Waals surface area contributed by atoms with Crippen LogP contribution in [0.25, 0.3) is 10.8 Å². The van der Waals surface area contributed by atoms with Crippen molar-refractivity contribution in [3.8, 4) is 0 Å². The highest BCUT2D eigenvalue weighted by molar-refractivity contribution is 6.11. The van der Waals surface area contributed by atoms with E-state index < -0.39 is 5.60 Å². The Morgan fingerprint density at radius 1 is 1.26 bits per heavy atom. The summed E-state index contributed by atoms with van der Waals surface area (Å²) < 4.78 is 5.67. The summed E-state index contributed by atoms with van der Waals surface area (Å²) in [6.07, 6.45) is 4.05. The summed E-state index contributed by atoms with van der Waals surface area (Å²) in [5, 5.41) is 1.91. The van der Waals surface area contributed by atoms with Crippen molar-refractivity contribution < 1.29 is 9.53 Å². The van der Waals surface area contributed by atoms with Crippen LogP contribution in [-0.2, 0) is 4.74 Å². The molecule has 3 nitrogen and oxygen atoms in total. The van der Waals surface area contributed by atoms with Crippen molar-refractivity contribution in [2.45, 2.75) is 32.8 Å². The van der Waals surface area contributed by atoms with Gasteiger partial charge in [-0.1, -0.05) is 31.2 Å². The Balaban J connectivity index is 2.52. The second-order valence-corrected chi connectivity index (χ2v) is 4.75. The fraction of sp³-hybridized carbons (Fsp3) is 0.375. The van der Waals surface area contributed by atoms with Crippen LogP contribution in [0.15, 0.2) is 36.7 Å². The van der Waals surface area contributed by atoms with Crippen molar-refractivity contribution in [2.24, 2.45) is 0 Å². The van der Waals surface area contributed by atoms with Crippen LogP contribution in [0.5, 0.6) is 0 Å². The minimum absolute atomic E-state index is 0.00106. The van der Waals surface area contributed by atoms with E-state index in [0.717, 1.165) is 10.8 Å². The number of benzene rings is 1. The molecule has 0 aliphatic carbocycles. The van der Waals surface area contributed by atoms with Gasteiger partial charge in [0.15, 0.2) is 5.78 Å². The lowest BCUT2D eigenvalue weighted by atomic mass is 9.90. The zero-order chi connectivity index (χ0) is 13.9. The number of Topliss-reactive ketones (excluding diaryl/α,β-unsaturated/α-hetero) is 1. The SMILES string of the molecule is CCOC(C)(CC)C(=O)c1cncc2ccccc12. The van der Waals surface area contributed by atoms with Gasteiger partial charge in [0, 0.05) is 30.0 Å². The van der Waals surface area contributed by atoms with Gasteiger partial charge in [-0.15, -0.1) is 0 Å². The third kappa shape index (κ3) is 2.51. The third-order valence-electron chi connectivity index (χ3n) is 3.53. The number of pyridine rings is 1. The second kappa shape index (κ2) is 5.49. The van der Waals surface area contributed by atoms with Gasteiger partial charge >= 0.3 is 0 Å². The molecular formula is C16H19NO2. The number of hydrogen-bond donors (Lipinski definition) is 0. The minimum atomic E-state index is -0.777. The zero-order valence-electron chi connectivity index (χ0n) is 11.6. The molecule has 3 heteroatoms. The Kier molecular flexibility index (Phi) is 3.96. The Hall–Kier alpha value is -1.74. The number of carbonyl (C=O) groups excluding carboxylic acids is 1. The molecule has 1 heterocycles. The van der Waals surface area contributed by atoms with Crippen LogP contribution >= 0.6 is 0 Å². The molecule has 0 aliphatic heterocycles. The number of carbonyl (C=O) groups is 1. The average molecular weight is 257 g/mol. The van der Waals surface area contributed by atoms with E-state index in [1.807, 2.05) is 45.0 Å². The first-order chi connectivity index (χ1) is 9.12. The molecule has 2 aromatic rings. The van der Waals surface area contributed by atoms with Crippen LogP contribution < -0.4 is 0 Å². The standard InChI is InChI=1S/C16H19NO2/c1-4-16(3,19-5-2)15(18)14-11-17-10-12-8-6-7-9-13(12)14/h6-11H,4-5H2,1-3H3. The van der Waals surface area contributed by atoms with E-state index in [1.54, 1.807) is 12.4 Å². The number of fused-ring (bicyclic) bond motifs is 1. The molecule has 0 saturated heterocycles.